The van der Waals surface area contributed by atoms with Crippen LogP contribution in [0.1, 0.15) is 18.2 Å². The lowest BCUT2D eigenvalue weighted by atomic mass is 10.1. The quantitative estimate of drug-likeness (QED) is 0.543. The normalized spacial score (nSPS) is 15.9. The molecule has 0 spiro atoms. The number of rotatable bonds is 5. The zero-order chi connectivity index (χ0) is 19.2. The maximum atomic E-state index is 4.93. The fourth-order valence-corrected chi connectivity index (χ4v) is 3.55. The summed E-state index contributed by atoms with van der Waals surface area (Å²) in [5, 5.41) is 8.60. The standard InChI is InChI=1S/C21H26N6O/c1-2-22-21(24-15-18-6-3-5-17-7-4-9-23-20(17)18)27-12-10-26(11-13-27)16-19-8-14-28-25-19/h3-9,14H,2,10-13,15-16H2,1H3,(H,22,24). The van der Waals surface area contributed by atoms with Crippen LogP contribution in [0.3, 0.4) is 0 Å². The molecule has 0 bridgehead atoms. The molecule has 1 aliphatic heterocycles. The average molecular weight is 378 g/mol. The van der Waals surface area contributed by atoms with Crippen molar-refractivity contribution in [1.82, 2.24) is 25.3 Å². The Morgan fingerprint density at radius 3 is 2.79 bits per heavy atom. The summed E-state index contributed by atoms with van der Waals surface area (Å²) < 4.78 is 4.93. The molecule has 3 heterocycles. The van der Waals surface area contributed by atoms with Gasteiger partial charge in [0.2, 0.25) is 0 Å². The van der Waals surface area contributed by atoms with Gasteiger partial charge in [-0.2, -0.15) is 0 Å². The Bertz CT molecular complexity index is 910. The van der Waals surface area contributed by atoms with Crippen molar-refractivity contribution in [2.75, 3.05) is 32.7 Å². The number of aliphatic imine (C=N–C) groups is 1. The van der Waals surface area contributed by atoms with Gasteiger partial charge >= 0.3 is 0 Å². The molecule has 146 valence electrons. The van der Waals surface area contributed by atoms with Crippen molar-refractivity contribution in [1.29, 1.82) is 0 Å². The second-order valence-corrected chi connectivity index (χ2v) is 6.92. The Balaban J connectivity index is 1.42. The van der Waals surface area contributed by atoms with E-state index in [0.29, 0.717) is 6.54 Å². The van der Waals surface area contributed by atoms with E-state index in [0.717, 1.165) is 67.4 Å². The number of benzene rings is 1. The molecule has 1 saturated heterocycles. The summed E-state index contributed by atoms with van der Waals surface area (Å²) in [4.78, 5) is 14.2. The topological polar surface area (TPSA) is 69.8 Å². The summed E-state index contributed by atoms with van der Waals surface area (Å²) >= 11 is 0. The highest BCUT2D eigenvalue weighted by Crippen LogP contribution is 2.17. The lowest BCUT2D eigenvalue weighted by Crippen LogP contribution is -2.52. The molecule has 28 heavy (non-hydrogen) atoms. The Labute approximate surface area is 165 Å². The van der Waals surface area contributed by atoms with E-state index in [1.807, 2.05) is 18.3 Å². The number of fused-ring (bicyclic) bond motifs is 1. The smallest absolute Gasteiger partial charge is 0.194 e. The summed E-state index contributed by atoms with van der Waals surface area (Å²) in [6.45, 7) is 8.26. The molecule has 2 aromatic heterocycles. The molecule has 7 heteroatoms. The van der Waals surface area contributed by atoms with Gasteiger partial charge in [-0.3, -0.25) is 9.88 Å². The first-order valence-corrected chi connectivity index (χ1v) is 9.81. The van der Waals surface area contributed by atoms with Crippen molar-refractivity contribution in [3.05, 3.63) is 60.1 Å². The van der Waals surface area contributed by atoms with Crippen LogP contribution >= 0.6 is 0 Å². The molecule has 0 radical (unpaired) electrons. The number of hydrogen-bond acceptors (Lipinski definition) is 5. The highest BCUT2D eigenvalue weighted by atomic mass is 16.5. The van der Waals surface area contributed by atoms with Crippen molar-refractivity contribution >= 4 is 16.9 Å². The van der Waals surface area contributed by atoms with Crippen LogP contribution in [0.25, 0.3) is 10.9 Å². The van der Waals surface area contributed by atoms with Crippen LogP contribution in [-0.4, -0.2) is 58.6 Å². The zero-order valence-electron chi connectivity index (χ0n) is 16.2. The second kappa shape index (κ2) is 8.84. The highest BCUT2D eigenvalue weighted by molar-refractivity contribution is 5.83. The number of hydrogen-bond donors (Lipinski definition) is 1. The molecule has 0 aliphatic carbocycles. The first-order chi connectivity index (χ1) is 13.8. The van der Waals surface area contributed by atoms with Crippen molar-refractivity contribution < 1.29 is 4.52 Å². The summed E-state index contributed by atoms with van der Waals surface area (Å²) in [6, 6.07) is 12.3. The molecular formula is C21H26N6O. The Morgan fingerprint density at radius 2 is 2.00 bits per heavy atom. The van der Waals surface area contributed by atoms with Crippen LogP contribution < -0.4 is 5.32 Å². The molecule has 0 unspecified atom stereocenters. The maximum Gasteiger partial charge on any atom is 0.194 e. The fourth-order valence-electron chi connectivity index (χ4n) is 3.55. The maximum absolute atomic E-state index is 4.93. The van der Waals surface area contributed by atoms with Crippen LogP contribution in [-0.2, 0) is 13.1 Å². The molecule has 1 aliphatic rings. The number of aromatic nitrogens is 2. The number of piperazine rings is 1. The number of guanidine groups is 1. The lowest BCUT2D eigenvalue weighted by Gasteiger charge is -2.36. The van der Waals surface area contributed by atoms with Crippen LogP contribution in [0, 0.1) is 0 Å². The van der Waals surface area contributed by atoms with Gasteiger partial charge < -0.3 is 14.7 Å². The largest absolute Gasteiger partial charge is 0.364 e. The average Bonchev–Trinajstić information content (AvgIpc) is 3.25. The molecule has 0 saturated carbocycles. The van der Waals surface area contributed by atoms with Gasteiger partial charge in [0.05, 0.1) is 17.8 Å². The number of para-hydroxylation sites is 1. The van der Waals surface area contributed by atoms with Crippen LogP contribution in [0.15, 0.2) is 58.4 Å². The molecular weight excluding hydrogens is 352 g/mol. The molecule has 0 atom stereocenters. The first-order valence-electron chi connectivity index (χ1n) is 9.81. The van der Waals surface area contributed by atoms with E-state index in [2.05, 4.69) is 56.4 Å². The Kier molecular flexibility index (Phi) is 5.82. The van der Waals surface area contributed by atoms with E-state index in [4.69, 9.17) is 9.52 Å². The van der Waals surface area contributed by atoms with Gasteiger partial charge in [-0.25, -0.2) is 4.99 Å². The number of nitrogens with zero attached hydrogens (tertiary/aromatic N) is 5. The first kappa shape index (κ1) is 18.4. The Hall–Kier alpha value is -2.93. The lowest BCUT2D eigenvalue weighted by molar-refractivity contribution is 0.169. The third-order valence-electron chi connectivity index (χ3n) is 5.00. The van der Waals surface area contributed by atoms with E-state index >= 15 is 0 Å². The van der Waals surface area contributed by atoms with E-state index in [1.54, 1.807) is 6.26 Å². The van der Waals surface area contributed by atoms with Crippen molar-refractivity contribution in [3.8, 4) is 0 Å². The predicted molar refractivity (Wildman–Crippen MR) is 110 cm³/mol. The minimum absolute atomic E-state index is 0.621. The van der Waals surface area contributed by atoms with Gasteiger partial charge in [-0.1, -0.05) is 29.4 Å². The molecule has 7 nitrogen and oxygen atoms in total. The Morgan fingerprint density at radius 1 is 1.14 bits per heavy atom. The molecule has 1 N–H and O–H groups in total. The van der Waals surface area contributed by atoms with Gasteiger partial charge in [0.15, 0.2) is 5.96 Å². The molecule has 3 aromatic rings. The van der Waals surface area contributed by atoms with Gasteiger partial charge in [-0.05, 0) is 18.6 Å². The fraction of sp³-hybridized carbons (Fsp3) is 0.381. The summed E-state index contributed by atoms with van der Waals surface area (Å²) in [5.41, 5.74) is 3.16. The van der Waals surface area contributed by atoms with E-state index in [1.165, 1.54) is 0 Å². The number of pyridine rings is 1. The van der Waals surface area contributed by atoms with Gasteiger partial charge in [0.25, 0.3) is 0 Å². The van der Waals surface area contributed by atoms with Crippen molar-refractivity contribution in [2.45, 2.75) is 20.0 Å². The second-order valence-electron chi connectivity index (χ2n) is 6.92. The van der Waals surface area contributed by atoms with Crippen LogP contribution in [0.2, 0.25) is 0 Å². The van der Waals surface area contributed by atoms with Crippen molar-refractivity contribution in [2.24, 2.45) is 4.99 Å². The van der Waals surface area contributed by atoms with Gasteiger partial charge in [0, 0.05) is 56.9 Å². The van der Waals surface area contributed by atoms with Gasteiger partial charge in [0.1, 0.15) is 6.26 Å². The summed E-state index contributed by atoms with van der Waals surface area (Å²) in [5.74, 6) is 0.969. The van der Waals surface area contributed by atoms with E-state index in [-0.39, 0.29) is 0 Å². The molecule has 1 fully saturated rings. The molecule has 0 amide bonds. The van der Waals surface area contributed by atoms with E-state index in [9.17, 15) is 0 Å². The van der Waals surface area contributed by atoms with E-state index < -0.39 is 0 Å². The number of nitrogens with one attached hydrogen (secondary N) is 1. The minimum Gasteiger partial charge on any atom is -0.364 e. The SMILES string of the molecule is CCNC(=NCc1cccc2cccnc12)N1CCN(Cc2ccon2)CC1. The molecule has 4 rings (SSSR count). The summed E-state index contributed by atoms with van der Waals surface area (Å²) in [7, 11) is 0. The van der Waals surface area contributed by atoms with Crippen LogP contribution in [0.5, 0.6) is 0 Å². The van der Waals surface area contributed by atoms with Crippen LogP contribution in [0.4, 0.5) is 0 Å². The third-order valence-corrected chi connectivity index (χ3v) is 5.00. The minimum atomic E-state index is 0.621. The van der Waals surface area contributed by atoms with Gasteiger partial charge in [-0.15, -0.1) is 0 Å². The monoisotopic (exact) mass is 378 g/mol. The van der Waals surface area contributed by atoms with Crippen molar-refractivity contribution in [3.63, 3.8) is 0 Å². The third kappa shape index (κ3) is 4.31. The summed E-state index contributed by atoms with van der Waals surface area (Å²) in [6.07, 6.45) is 3.47. The molecule has 1 aromatic carbocycles. The predicted octanol–water partition coefficient (Wildman–Crippen LogP) is 2.51. The zero-order valence-corrected chi connectivity index (χ0v) is 16.2. The highest BCUT2D eigenvalue weighted by Gasteiger charge is 2.20.